The minimum absolute atomic E-state index is 0.0199. The minimum Gasteiger partial charge on any atom is -0.294 e. The molecule has 18 heavy (non-hydrogen) atoms. The average Bonchev–Trinajstić information content (AvgIpc) is 2.38. The summed E-state index contributed by atoms with van der Waals surface area (Å²) < 4.78 is 12.9. The Morgan fingerprint density at radius 3 is 2.28 bits per heavy atom. The van der Waals surface area contributed by atoms with Crippen molar-refractivity contribution < 1.29 is 9.18 Å². The molecule has 0 aromatic heterocycles. The molecule has 2 rings (SSSR count). The summed E-state index contributed by atoms with van der Waals surface area (Å²) in [6, 6.07) is 13.7. The molecule has 0 heterocycles. The number of rotatable bonds is 3. The van der Waals surface area contributed by atoms with E-state index >= 15 is 0 Å². The van der Waals surface area contributed by atoms with Gasteiger partial charge < -0.3 is 0 Å². The quantitative estimate of drug-likeness (QED) is 0.732. The van der Waals surface area contributed by atoms with E-state index in [9.17, 15) is 9.18 Å². The highest BCUT2D eigenvalue weighted by Crippen LogP contribution is 2.22. The summed E-state index contributed by atoms with van der Waals surface area (Å²) in [6.45, 7) is 3.76. The number of hydrogen-bond acceptors (Lipinski definition) is 1. The molecule has 0 aliphatic rings. The van der Waals surface area contributed by atoms with E-state index in [-0.39, 0.29) is 17.5 Å². The summed E-state index contributed by atoms with van der Waals surface area (Å²) in [7, 11) is 0. The van der Waals surface area contributed by atoms with Gasteiger partial charge in [-0.1, -0.05) is 44.2 Å². The maximum atomic E-state index is 12.9. The van der Waals surface area contributed by atoms with Gasteiger partial charge in [0, 0.05) is 11.5 Å². The lowest BCUT2D eigenvalue weighted by Crippen LogP contribution is -2.07. The zero-order chi connectivity index (χ0) is 13.1. The largest absolute Gasteiger partial charge is 0.294 e. The molecule has 2 aromatic carbocycles. The molecule has 92 valence electrons. The van der Waals surface area contributed by atoms with E-state index in [1.54, 1.807) is 12.1 Å². The van der Waals surface area contributed by atoms with Crippen molar-refractivity contribution in [1.82, 2.24) is 0 Å². The fraction of sp³-hybridized carbons (Fsp3) is 0.188. The lowest BCUT2D eigenvalue weighted by atomic mass is 9.97. The third-order valence-corrected chi connectivity index (χ3v) is 2.85. The SMILES string of the molecule is CC(C)C(=O)c1cccc(-c2ccc(F)cc2)c1. The second-order valence-electron chi connectivity index (χ2n) is 4.61. The highest BCUT2D eigenvalue weighted by molar-refractivity contribution is 5.98. The van der Waals surface area contributed by atoms with Gasteiger partial charge in [0.05, 0.1) is 0 Å². The van der Waals surface area contributed by atoms with Gasteiger partial charge in [0.25, 0.3) is 0 Å². The monoisotopic (exact) mass is 242 g/mol. The van der Waals surface area contributed by atoms with Crippen LogP contribution in [0.15, 0.2) is 48.5 Å². The van der Waals surface area contributed by atoms with Gasteiger partial charge in [0.2, 0.25) is 0 Å². The third-order valence-electron chi connectivity index (χ3n) is 2.85. The van der Waals surface area contributed by atoms with Crippen molar-refractivity contribution in [3.63, 3.8) is 0 Å². The van der Waals surface area contributed by atoms with Gasteiger partial charge in [-0.2, -0.15) is 0 Å². The first-order valence-corrected chi connectivity index (χ1v) is 5.98. The van der Waals surface area contributed by atoms with E-state index in [4.69, 9.17) is 0 Å². The molecule has 2 aromatic rings. The second-order valence-corrected chi connectivity index (χ2v) is 4.61. The number of hydrogen-bond donors (Lipinski definition) is 0. The molecule has 1 nitrogen and oxygen atoms in total. The fourth-order valence-electron chi connectivity index (χ4n) is 1.83. The molecule has 0 saturated carbocycles. The molecule has 0 aliphatic heterocycles. The van der Waals surface area contributed by atoms with Crippen LogP contribution in [-0.2, 0) is 0 Å². The Bertz CT molecular complexity index is 556. The van der Waals surface area contributed by atoms with Gasteiger partial charge in [-0.05, 0) is 29.3 Å². The van der Waals surface area contributed by atoms with E-state index in [1.165, 1.54) is 12.1 Å². The van der Waals surface area contributed by atoms with Gasteiger partial charge in [-0.3, -0.25) is 4.79 Å². The van der Waals surface area contributed by atoms with Crippen molar-refractivity contribution in [2.75, 3.05) is 0 Å². The van der Waals surface area contributed by atoms with E-state index in [1.807, 2.05) is 38.1 Å². The van der Waals surface area contributed by atoms with Crippen LogP contribution in [0.5, 0.6) is 0 Å². The Hall–Kier alpha value is -1.96. The van der Waals surface area contributed by atoms with E-state index < -0.39 is 0 Å². The average molecular weight is 242 g/mol. The summed E-state index contributed by atoms with van der Waals surface area (Å²) in [5.41, 5.74) is 2.54. The van der Waals surface area contributed by atoms with Gasteiger partial charge in [0.15, 0.2) is 5.78 Å². The highest BCUT2D eigenvalue weighted by Gasteiger charge is 2.10. The number of carbonyl (C=O) groups is 1. The Morgan fingerprint density at radius 2 is 1.67 bits per heavy atom. The van der Waals surface area contributed by atoms with Gasteiger partial charge in [0.1, 0.15) is 5.82 Å². The molecule has 0 fully saturated rings. The molecule has 2 heteroatoms. The standard InChI is InChI=1S/C16H15FO/c1-11(2)16(18)14-5-3-4-13(10-14)12-6-8-15(17)9-7-12/h3-11H,1-2H3. The van der Waals surface area contributed by atoms with Crippen LogP contribution in [0.1, 0.15) is 24.2 Å². The first-order chi connectivity index (χ1) is 8.58. The number of carbonyl (C=O) groups excluding carboxylic acids is 1. The summed E-state index contributed by atoms with van der Waals surface area (Å²) in [5.74, 6) is -0.152. The molecule has 0 saturated heterocycles. The molecule has 0 unspecified atom stereocenters. The second kappa shape index (κ2) is 5.13. The molecular formula is C16H15FO. The molecule has 0 N–H and O–H groups in total. The lowest BCUT2D eigenvalue weighted by molar-refractivity contribution is 0.0939. The first kappa shape index (κ1) is 12.5. The topological polar surface area (TPSA) is 17.1 Å². The molecular weight excluding hydrogens is 227 g/mol. The predicted octanol–water partition coefficient (Wildman–Crippen LogP) is 4.33. The van der Waals surface area contributed by atoms with Crippen LogP contribution >= 0.6 is 0 Å². The summed E-state index contributed by atoms with van der Waals surface area (Å²) in [5, 5.41) is 0. The first-order valence-electron chi connectivity index (χ1n) is 5.98. The van der Waals surface area contributed by atoms with Crippen LogP contribution in [0.4, 0.5) is 4.39 Å². The number of halogens is 1. The molecule has 0 spiro atoms. The van der Waals surface area contributed by atoms with Gasteiger partial charge >= 0.3 is 0 Å². The van der Waals surface area contributed by atoms with Crippen molar-refractivity contribution in [3.05, 3.63) is 59.9 Å². The predicted molar refractivity (Wildman–Crippen MR) is 71.0 cm³/mol. The van der Waals surface area contributed by atoms with E-state index in [0.717, 1.165) is 11.1 Å². The summed E-state index contributed by atoms with van der Waals surface area (Å²) in [4.78, 5) is 11.9. The van der Waals surface area contributed by atoms with Crippen molar-refractivity contribution in [3.8, 4) is 11.1 Å². The maximum absolute atomic E-state index is 12.9. The van der Waals surface area contributed by atoms with Gasteiger partial charge in [-0.25, -0.2) is 4.39 Å². The highest BCUT2D eigenvalue weighted by atomic mass is 19.1. The number of benzene rings is 2. The molecule has 0 aliphatic carbocycles. The minimum atomic E-state index is -0.256. The van der Waals surface area contributed by atoms with Crippen molar-refractivity contribution >= 4 is 5.78 Å². The van der Waals surface area contributed by atoms with Crippen LogP contribution in [0.25, 0.3) is 11.1 Å². The zero-order valence-electron chi connectivity index (χ0n) is 10.5. The Kier molecular flexibility index (Phi) is 3.56. The van der Waals surface area contributed by atoms with Crippen LogP contribution in [-0.4, -0.2) is 5.78 Å². The summed E-state index contributed by atoms with van der Waals surface area (Å²) in [6.07, 6.45) is 0. The van der Waals surface area contributed by atoms with E-state index in [2.05, 4.69) is 0 Å². The smallest absolute Gasteiger partial charge is 0.165 e. The Labute approximate surface area is 106 Å². The van der Waals surface area contributed by atoms with E-state index in [0.29, 0.717) is 5.56 Å². The molecule has 0 radical (unpaired) electrons. The van der Waals surface area contributed by atoms with Crippen molar-refractivity contribution in [2.45, 2.75) is 13.8 Å². The normalized spacial score (nSPS) is 10.7. The molecule has 0 amide bonds. The van der Waals surface area contributed by atoms with Crippen molar-refractivity contribution in [1.29, 1.82) is 0 Å². The molecule has 0 bridgehead atoms. The van der Waals surface area contributed by atoms with Crippen LogP contribution in [0.2, 0.25) is 0 Å². The fourth-order valence-corrected chi connectivity index (χ4v) is 1.83. The number of ketones is 1. The Balaban J connectivity index is 2.38. The van der Waals surface area contributed by atoms with Crippen LogP contribution < -0.4 is 0 Å². The maximum Gasteiger partial charge on any atom is 0.165 e. The number of Topliss-reactive ketones (excluding diaryl/α,β-unsaturated/α-hetero) is 1. The van der Waals surface area contributed by atoms with Crippen LogP contribution in [0.3, 0.4) is 0 Å². The zero-order valence-corrected chi connectivity index (χ0v) is 10.5. The lowest BCUT2D eigenvalue weighted by Gasteiger charge is -2.07. The van der Waals surface area contributed by atoms with Crippen LogP contribution in [0, 0.1) is 11.7 Å². The third kappa shape index (κ3) is 2.65. The van der Waals surface area contributed by atoms with Crippen molar-refractivity contribution in [2.24, 2.45) is 5.92 Å². The Morgan fingerprint density at radius 1 is 1.00 bits per heavy atom. The summed E-state index contributed by atoms with van der Waals surface area (Å²) >= 11 is 0. The van der Waals surface area contributed by atoms with Gasteiger partial charge in [-0.15, -0.1) is 0 Å². The molecule has 0 atom stereocenters.